The first kappa shape index (κ1) is 11.4. The maximum Gasteiger partial charge on any atom is 0.0562 e. The fourth-order valence-electron chi connectivity index (χ4n) is 1.70. The molecule has 0 spiro atoms. The summed E-state index contributed by atoms with van der Waals surface area (Å²) in [5.41, 5.74) is 2.66. The molecule has 0 bridgehead atoms. The van der Waals surface area contributed by atoms with Crippen molar-refractivity contribution >= 4 is 6.08 Å². The van der Waals surface area contributed by atoms with Crippen molar-refractivity contribution < 1.29 is 0 Å². The lowest BCUT2D eigenvalue weighted by Crippen LogP contribution is -2.21. The standard InChI is InChI=1S/C13H21N3/c1-10(2)12(8-14-13-4-5-13)6-11-7-15-16(3)9-11/h6-7,9-10,13-14H,4-5,8H2,1-3H3. The quantitative estimate of drug-likeness (QED) is 0.823. The molecule has 0 aliphatic heterocycles. The summed E-state index contributed by atoms with van der Waals surface area (Å²) in [6.45, 7) is 5.50. The molecule has 1 aromatic rings. The number of hydrogen-bond donors (Lipinski definition) is 1. The lowest BCUT2D eigenvalue weighted by Gasteiger charge is -2.12. The molecule has 0 radical (unpaired) electrons. The molecule has 1 saturated carbocycles. The molecule has 1 fully saturated rings. The average molecular weight is 219 g/mol. The largest absolute Gasteiger partial charge is 0.310 e. The molecule has 1 N–H and O–H groups in total. The Morgan fingerprint density at radius 2 is 2.38 bits per heavy atom. The predicted octanol–water partition coefficient (Wildman–Crippen LogP) is 2.21. The summed E-state index contributed by atoms with van der Waals surface area (Å²) in [5, 5.41) is 7.76. The normalized spacial score (nSPS) is 17.1. The highest BCUT2D eigenvalue weighted by Crippen LogP contribution is 2.20. The van der Waals surface area contributed by atoms with Gasteiger partial charge in [-0.15, -0.1) is 0 Å². The summed E-state index contributed by atoms with van der Waals surface area (Å²) in [7, 11) is 1.95. The minimum Gasteiger partial charge on any atom is -0.310 e. The molecule has 0 amide bonds. The van der Waals surface area contributed by atoms with E-state index in [-0.39, 0.29) is 0 Å². The molecule has 88 valence electrons. The molecule has 1 aliphatic rings. The maximum absolute atomic E-state index is 4.19. The lowest BCUT2D eigenvalue weighted by molar-refractivity contribution is 0.662. The molecular formula is C13H21N3. The van der Waals surface area contributed by atoms with Crippen molar-refractivity contribution in [3.8, 4) is 0 Å². The SMILES string of the molecule is CC(C)C(=Cc1cnn(C)c1)CNC1CC1. The van der Waals surface area contributed by atoms with Crippen molar-refractivity contribution in [2.24, 2.45) is 13.0 Å². The van der Waals surface area contributed by atoms with Crippen LogP contribution in [0.3, 0.4) is 0 Å². The van der Waals surface area contributed by atoms with Crippen molar-refractivity contribution in [1.82, 2.24) is 15.1 Å². The summed E-state index contributed by atoms with van der Waals surface area (Å²) in [4.78, 5) is 0. The fraction of sp³-hybridized carbons (Fsp3) is 0.615. The van der Waals surface area contributed by atoms with Gasteiger partial charge in [-0.3, -0.25) is 4.68 Å². The first-order valence-corrected chi connectivity index (χ1v) is 6.07. The van der Waals surface area contributed by atoms with E-state index < -0.39 is 0 Å². The zero-order valence-corrected chi connectivity index (χ0v) is 10.4. The Kier molecular flexibility index (Phi) is 3.44. The minimum atomic E-state index is 0.589. The molecule has 0 atom stereocenters. The van der Waals surface area contributed by atoms with Gasteiger partial charge in [0.2, 0.25) is 0 Å². The van der Waals surface area contributed by atoms with Gasteiger partial charge >= 0.3 is 0 Å². The Morgan fingerprint density at radius 1 is 1.62 bits per heavy atom. The third-order valence-electron chi connectivity index (χ3n) is 2.99. The predicted molar refractivity (Wildman–Crippen MR) is 67.0 cm³/mol. The summed E-state index contributed by atoms with van der Waals surface area (Å²) >= 11 is 0. The smallest absolute Gasteiger partial charge is 0.0562 e. The first-order chi connectivity index (χ1) is 7.65. The van der Waals surface area contributed by atoms with Crippen molar-refractivity contribution in [1.29, 1.82) is 0 Å². The van der Waals surface area contributed by atoms with Crippen LogP contribution < -0.4 is 5.32 Å². The Balaban J connectivity index is 2.01. The minimum absolute atomic E-state index is 0.589. The van der Waals surface area contributed by atoms with Crippen LogP contribution in [-0.2, 0) is 7.05 Å². The zero-order valence-electron chi connectivity index (χ0n) is 10.4. The van der Waals surface area contributed by atoms with Crippen LogP contribution in [0.15, 0.2) is 18.0 Å². The second-order valence-corrected chi connectivity index (χ2v) is 4.98. The zero-order chi connectivity index (χ0) is 11.5. The third kappa shape index (κ3) is 3.20. The Hall–Kier alpha value is -1.09. The van der Waals surface area contributed by atoms with Crippen LogP contribution in [0.25, 0.3) is 6.08 Å². The van der Waals surface area contributed by atoms with Crippen LogP contribution in [0, 0.1) is 5.92 Å². The molecule has 0 aromatic carbocycles. The number of rotatable bonds is 5. The van der Waals surface area contributed by atoms with Crippen LogP contribution in [-0.4, -0.2) is 22.4 Å². The summed E-state index contributed by atoms with van der Waals surface area (Å²) in [5.74, 6) is 0.589. The number of nitrogens with one attached hydrogen (secondary N) is 1. The van der Waals surface area contributed by atoms with Gasteiger partial charge in [0.25, 0.3) is 0 Å². The van der Waals surface area contributed by atoms with Gasteiger partial charge < -0.3 is 5.32 Å². The second-order valence-electron chi connectivity index (χ2n) is 4.98. The van der Waals surface area contributed by atoms with Gasteiger partial charge in [0.1, 0.15) is 0 Å². The molecule has 0 saturated heterocycles. The van der Waals surface area contributed by atoms with Gasteiger partial charge in [0.05, 0.1) is 6.20 Å². The molecule has 3 heteroatoms. The van der Waals surface area contributed by atoms with E-state index in [2.05, 4.69) is 36.5 Å². The highest BCUT2D eigenvalue weighted by molar-refractivity contribution is 5.51. The van der Waals surface area contributed by atoms with E-state index in [4.69, 9.17) is 0 Å². The first-order valence-electron chi connectivity index (χ1n) is 6.07. The third-order valence-corrected chi connectivity index (χ3v) is 2.99. The molecular weight excluding hydrogens is 198 g/mol. The summed E-state index contributed by atoms with van der Waals surface area (Å²) in [6.07, 6.45) is 8.92. The summed E-state index contributed by atoms with van der Waals surface area (Å²) in [6, 6.07) is 0.774. The number of nitrogens with zero attached hydrogens (tertiary/aromatic N) is 2. The maximum atomic E-state index is 4.19. The van der Waals surface area contributed by atoms with Gasteiger partial charge in [-0.1, -0.05) is 25.5 Å². The van der Waals surface area contributed by atoms with Crippen LogP contribution in [0.2, 0.25) is 0 Å². The van der Waals surface area contributed by atoms with Crippen molar-refractivity contribution in [2.45, 2.75) is 32.7 Å². The van der Waals surface area contributed by atoms with Crippen molar-refractivity contribution in [2.75, 3.05) is 6.54 Å². The fourth-order valence-corrected chi connectivity index (χ4v) is 1.70. The molecule has 16 heavy (non-hydrogen) atoms. The van der Waals surface area contributed by atoms with E-state index in [9.17, 15) is 0 Å². The van der Waals surface area contributed by atoms with E-state index in [1.165, 1.54) is 24.0 Å². The lowest BCUT2D eigenvalue weighted by atomic mass is 10.0. The molecule has 3 nitrogen and oxygen atoms in total. The topological polar surface area (TPSA) is 29.9 Å². The molecule has 1 heterocycles. The van der Waals surface area contributed by atoms with Crippen LogP contribution in [0.5, 0.6) is 0 Å². The van der Waals surface area contributed by atoms with E-state index in [1.807, 2.05) is 17.9 Å². The van der Waals surface area contributed by atoms with E-state index >= 15 is 0 Å². The van der Waals surface area contributed by atoms with Gasteiger partial charge in [-0.2, -0.15) is 5.10 Å². The number of aryl methyl sites for hydroxylation is 1. The van der Waals surface area contributed by atoms with Crippen LogP contribution >= 0.6 is 0 Å². The Morgan fingerprint density at radius 3 is 2.88 bits per heavy atom. The number of aromatic nitrogens is 2. The molecule has 1 aromatic heterocycles. The van der Waals surface area contributed by atoms with Gasteiger partial charge in [-0.05, 0) is 18.8 Å². The highest BCUT2D eigenvalue weighted by atomic mass is 15.2. The Labute approximate surface area is 97.5 Å². The van der Waals surface area contributed by atoms with E-state index in [0.29, 0.717) is 5.92 Å². The average Bonchev–Trinajstić information content (AvgIpc) is 2.96. The van der Waals surface area contributed by atoms with E-state index in [1.54, 1.807) is 0 Å². The van der Waals surface area contributed by atoms with Gasteiger partial charge in [0, 0.05) is 31.4 Å². The van der Waals surface area contributed by atoms with Crippen molar-refractivity contribution in [3.63, 3.8) is 0 Å². The molecule has 2 rings (SSSR count). The monoisotopic (exact) mass is 219 g/mol. The number of hydrogen-bond acceptors (Lipinski definition) is 2. The summed E-state index contributed by atoms with van der Waals surface area (Å²) < 4.78 is 1.85. The Bertz CT molecular complexity index is 372. The van der Waals surface area contributed by atoms with Crippen molar-refractivity contribution in [3.05, 3.63) is 23.5 Å². The van der Waals surface area contributed by atoms with Gasteiger partial charge in [0.15, 0.2) is 0 Å². The van der Waals surface area contributed by atoms with Gasteiger partial charge in [-0.25, -0.2) is 0 Å². The molecule has 1 aliphatic carbocycles. The second kappa shape index (κ2) is 4.83. The van der Waals surface area contributed by atoms with Crippen LogP contribution in [0.4, 0.5) is 0 Å². The van der Waals surface area contributed by atoms with Crippen LogP contribution in [0.1, 0.15) is 32.3 Å². The van der Waals surface area contributed by atoms with E-state index in [0.717, 1.165) is 12.6 Å². The molecule has 0 unspecified atom stereocenters. The highest BCUT2D eigenvalue weighted by Gasteiger charge is 2.20.